The van der Waals surface area contributed by atoms with Crippen molar-refractivity contribution in [2.45, 2.75) is 20.3 Å². The summed E-state index contributed by atoms with van der Waals surface area (Å²) in [7, 11) is 3.40. The van der Waals surface area contributed by atoms with Crippen molar-refractivity contribution in [1.29, 1.82) is 0 Å². The van der Waals surface area contributed by atoms with Crippen molar-refractivity contribution < 1.29 is 9.53 Å². The third-order valence-electron chi connectivity index (χ3n) is 3.76. The highest BCUT2D eigenvalue weighted by atomic mass is 32.1. The minimum Gasteiger partial charge on any atom is -0.465 e. The summed E-state index contributed by atoms with van der Waals surface area (Å²) in [5.74, 6) is 1.21. The highest BCUT2D eigenvalue weighted by Gasteiger charge is 2.22. The molecule has 0 saturated carbocycles. The average molecular weight is 362 g/mol. The minimum absolute atomic E-state index is 0.329. The van der Waals surface area contributed by atoms with Gasteiger partial charge in [-0.2, -0.15) is 0 Å². The van der Waals surface area contributed by atoms with E-state index in [0.29, 0.717) is 10.7 Å². The van der Waals surface area contributed by atoms with Gasteiger partial charge in [0.15, 0.2) is 0 Å². The van der Waals surface area contributed by atoms with Crippen molar-refractivity contribution >= 4 is 44.7 Å². The Balaban J connectivity index is 1.99. The zero-order valence-electron chi connectivity index (χ0n) is 14.0. The molecule has 8 heteroatoms. The molecule has 0 radical (unpaired) electrons. The Bertz CT molecular complexity index is 874. The topological polar surface area (TPSA) is 68.2 Å². The van der Waals surface area contributed by atoms with E-state index < -0.39 is 0 Å². The second-order valence-corrected chi connectivity index (χ2v) is 7.40. The zero-order valence-corrected chi connectivity index (χ0v) is 15.6. The summed E-state index contributed by atoms with van der Waals surface area (Å²) >= 11 is 3.01. The van der Waals surface area contributed by atoms with Gasteiger partial charge in [-0.25, -0.2) is 19.7 Å². The Hall–Kier alpha value is -2.06. The predicted molar refractivity (Wildman–Crippen MR) is 97.3 cm³/mol. The van der Waals surface area contributed by atoms with Gasteiger partial charge >= 0.3 is 5.97 Å². The summed E-state index contributed by atoms with van der Waals surface area (Å²) in [5.41, 5.74) is 0.873. The van der Waals surface area contributed by atoms with Crippen LogP contribution >= 0.6 is 22.7 Å². The fourth-order valence-electron chi connectivity index (χ4n) is 2.53. The number of ether oxygens (including phenoxy) is 1. The molecule has 24 heavy (non-hydrogen) atoms. The first kappa shape index (κ1) is 16.8. The average Bonchev–Trinajstić information content (AvgIpc) is 3.19. The van der Waals surface area contributed by atoms with Crippen LogP contribution in [0.4, 0.5) is 5.82 Å². The molecule has 0 N–H and O–H groups in total. The fraction of sp³-hybridized carbons (Fsp3) is 0.375. The van der Waals surface area contributed by atoms with E-state index in [9.17, 15) is 4.79 Å². The van der Waals surface area contributed by atoms with Crippen molar-refractivity contribution in [3.8, 4) is 0 Å². The van der Waals surface area contributed by atoms with Gasteiger partial charge in [0.05, 0.1) is 17.5 Å². The number of fused-ring (bicyclic) bond motifs is 1. The maximum Gasteiger partial charge on any atom is 0.348 e. The molecule has 3 heterocycles. The molecule has 0 saturated heterocycles. The van der Waals surface area contributed by atoms with Crippen molar-refractivity contribution in [3.63, 3.8) is 0 Å². The number of hydrogen-bond acceptors (Lipinski definition) is 8. The lowest BCUT2D eigenvalue weighted by Gasteiger charge is -2.19. The molecule has 0 aromatic carbocycles. The predicted octanol–water partition coefficient (Wildman–Crippen LogP) is 3.23. The van der Waals surface area contributed by atoms with E-state index in [-0.39, 0.29) is 5.97 Å². The Labute approximate surface area is 148 Å². The Kier molecular flexibility index (Phi) is 4.77. The van der Waals surface area contributed by atoms with E-state index in [2.05, 4.69) is 19.9 Å². The summed E-state index contributed by atoms with van der Waals surface area (Å²) in [4.78, 5) is 28.9. The van der Waals surface area contributed by atoms with Crippen molar-refractivity contribution in [2.24, 2.45) is 0 Å². The normalized spacial score (nSPS) is 11.0. The van der Waals surface area contributed by atoms with Crippen molar-refractivity contribution in [1.82, 2.24) is 15.0 Å². The number of nitrogens with zero attached hydrogens (tertiary/aromatic N) is 4. The van der Waals surface area contributed by atoms with Crippen LogP contribution in [-0.4, -0.2) is 41.6 Å². The molecule has 0 unspecified atom stereocenters. The third kappa shape index (κ3) is 3.11. The number of methoxy groups -OCH3 is 1. The van der Waals surface area contributed by atoms with E-state index in [1.807, 2.05) is 32.5 Å². The zero-order chi connectivity index (χ0) is 17.3. The molecule has 0 atom stereocenters. The smallest absolute Gasteiger partial charge is 0.348 e. The molecule has 3 aromatic heterocycles. The van der Waals surface area contributed by atoms with Crippen LogP contribution in [0.25, 0.3) is 10.2 Å². The second-order valence-electron chi connectivity index (χ2n) is 5.42. The molecular formula is C16H18N4O2S2. The summed E-state index contributed by atoms with van der Waals surface area (Å²) in [6, 6.07) is 0. The van der Waals surface area contributed by atoms with E-state index in [1.54, 1.807) is 11.3 Å². The molecule has 126 valence electrons. The molecule has 0 aliphatic carbocycles. The van der Waals surface area contributed by atoms with Crippen LogP contribution in [0.2, 0.25) is 0 Å². The first-order valence-corrected chi connectivity index (χ1v) is 9.16. The van der Waals surface area contributed by atoms with Gasteiger partial charge in [0.2, 0.25) is 0 Å². The highest BCUT2D eigenvalue weighted by Crippen LogP contribution is 2.35. The van der Waals surface area contributed by atoms with Gasteiger partial charge in [0.1, 0.15) is 21.3 Å². The number of carbonyl (C=O) groups excluding carboxylic acids is 1. The van der Waals surface area contributed by atoms with Gasteiger partial charge in [-0.3, -0.25) is 0 Å². The van der Waals surface area contributed by atoms with Gasteiger partial charge < -0.3 is 9.64 Å². The largest absolute Gasteiger partial charge is 0.465 e. The van der Waals surface area contributed by atoms with E-state index in [1.165, 1.54) is 18.4 Å². The number of likely N-dealkylation sites (N-methyl/N-ethyl adjacent to an activating group) is 1. The molecule has 0 fully saturated rings. The Morgan fingerprint density at radius 1 is 1.33 bits per heavy atom. The summed E-state index contributed by atoms with van der Waals surface area (Å²) in [6.07, 6.45) is 2.67. The Morgan fingerprint density at radius 3 is 2.79 bits per heavy atom. The van der Waals surface area contributed by atoms with Crippen molar-refractivity contribution in [3.05, 3.63) is 32.8 Å². The molecule has 0 aliphatic rings. The van der Waals surface area contributed by atoms with Gasteiger partial charge in [-0.15, -0.1) is 22.7 Å². The number of thiazole rings is 1. The van der Waals surface area contributed by atoms with E-state index in [4.69, 9.17) is 4.74 Å². The van der Waals surface area contributed by atoms with Gasteiger partial charge in [0.25, 0.3) is 0 Å². The van der Waals surface area contributed by atoms with Crippen LogP contribution in [0.1, 0.15) is 26.1 Å². The van der Waals surface area contributed by atoms with Gasteiger partial charge in [-0.1, -0.05) is 0 Å². The molecule has 3 aromatic rings. The molecule has 0 aliphatic heterocycles. The van der Waals surface area contributed by atoms with Crippen LogP contribution in [-0.2, 0) is 11.2 Å². The van der Waals surface area contributed by atoms with Crippen LogP contribution in [0.5, 0.6) is 0 Å². The molecule has 3 rings (SSSR count). The van der Waals surface area contributed by atoms with Crippen LogP contribution in [0.3, 0.4) is 0 Å². The van der Waals surface area contributed by atoms with Crippen LogP contribution in [0.15, 0.2) is 11.6 Å². The standard InChI is InChI=1S/C16H18N4O2S2/c1-9-12-14(20(3)7-5-11-17-6-8-23-11)18-10(2)19-15(12)24-13(9)16(21)22-4/h6,8H,5,7H2,1-4H3. The lowest BCUT2D eigenvalue weighted by molar-refractivity contribution is 0.0605. The first-order valence-electron chi connectivity index (χ1n) is 7.46. The number of anilines is 1. The van der Waals surface area contributed by atoms with E-state index in [0.717, 1.165) is 39.6 Å². The number of aromatic nitrogens is 3. The molecule has 0 spiro atoms. The van der Waals surface area contributed by atoms with Crippen LogP contribution < -0.4 is 4.90 Å². The lowest BCUT2D eigenvalue weighted by Crippen LogP contribution is -2.22. The number of rotatable bonds is 5. The maximum atomic E-state index is 12.0. The number of hydrogen-bond donors (Lipinski definition) is 0. The monoisotopic (exact) mass is 362 g/mol. The summed E-state index contributed by atoms with van der Waals surface area (Å²) in [5, 5.41) is 4.00. The summed E-state index contributed by atoms with van der Waals surface area (Å²) in [6.45, 7) is 4.58. The molecule has 0 amide bonds. The van der Waals surface area contributed by atoms with E-state index >= 15 is 0 Å². The minimum atomic E-state index is -0.329. The second kappa shape index (κ2) is 6.82. The van der Waals surface area contributed by atoms with Crippen molar-refractivity contribution in [2.75, 3.05) is 25.6 Å². The van der Waals surface area contributed by atoms with Crippen LogP contribution in [0, 0.1) is 13.8 Å². The first-order chi connectivity index (χ1) is 11.5. The number of aryl methyl sites for hydroxylation is 2. The van der Waals surface area contributed by atoms with Gasteiger partial charge in [-0.05, 0) is 19.4 Å². The maximum absolute atomic E-state index is 12.0. The van der Waals surface area contributed by atoms with Gasteiger partial charge in [0, 0.05) is 31.6 Å². The number of thiophene rings is 1. The molecular weight excluding hydrogens is 344 g/mol. The summed E-state index contributed by atoms with van der Waals surface area (Å²) < 4.78 is 4.88. The molecule has 6 nitrogen and oxygen atoms in total. The fourth-order valence-corrected chi connectivity index (χ4v) is 4.28. The number of esters is 1. The molecule has 0 bridgehead atoms. The highest BCUT2D eigenvalue weighted by molar-refractivity contribution is 7.20. The third-order valence-corrected chi connectivity index (χ3v) is 5.76. The Morgan fingerprint density at radius 2 is 2.12 bits per heavy atom. The quantitative estimate of drug-likeness (QED) is 0.649. The SMILES string of the molecule is COC(=O)c1sc2nc(C)nc(N(C)CCc3nccs3)c2c1C. The lowest BCUT2D eigenvalue weighted by atomic mass is 10.2. The number of carbonyl (C=O) groups is 1.